The summed E-state index contributed by atoms with van der Waals surface area (Å²) in [5.41, 5.74) is -0.874. The van der Waals surface area contributed by atoms with E-state index in [2.05, 4.69) is 15.4 Å². The summed E-state index contributed by atoms with van der Waals surface area (Å²) >= 11 is 0. The van der Waals surface area contributed by atoms with Crippen LogP contribution in [0.4, 0.5) is 9.18 Å². The average molecular weight is 379 g/mol. The summed E-state index contributed by atoms with van der Waals surface area (Å²) in [7, 11) is 1.28. The van der Waals surface area contributed by atoms with Crippen molar-refractivity contribution in [1.82, 2.24) is 15.5 Å². The highest BCUT2D eigenvalue weighted by atomic mass is 19.1. The van der Waals surface area contributed by atoms with E-state index in [0.29, 0.717) is 12.0 Å². The molecule has 1 aromatic rings. The van der Waals surface area contributed by atoms with Crippen LogP contribution in [0, 0.1) is 5.82 Å². The van der Waals surface area contributed by atoms with Gasteiger partial charge in [0.15, 0.2) is 0 Å². The second-order valence-electron chi connectivity index (χ2n) is 6.12. The van der Waals surface area contributed by atoms with Gasteiger partial charge in [0.1, 0.15) is 17.9 Å². The van der Waals surface area contributed by atoms with Gasteiger partial charge in [-0.3, -0.25) is 19.3 Å². The van der Waals surface area contributed by atoms with E-state index in [9.17, 15) is 23.6 Å². The molecular formula is C18H22FN3O5. The number of urea groups is 1. The number of methoxy groups -OCH3 is 1. The Morgan fingerprint density at radius 3 is 2.52 bits per heavy atom. The van der Waals surface area contributed by atoms with Gasteiger partial charge in [-0.25, -0.2) is 9.18 Å². The summed E-state index contributed by atoms with van der Waals surface area (Å²) in [5.74, 6) is -1.92. The van der Waals surface area contributed by atoms with E-state index in [0.717, 1.165) is 4.90 Å². The molecule has 1 aliphatic rings. The van der Waals surface area contributed by atoms with E-state index in [1.807, 2.05) is 0 Å². The highest BCUT2D eigenvalue weighted by molar-refractivity contribution is 6.09. The Kier molecular flexibility index (Phi) is 6.49. The first-order valence-corrected chi connectivity index (χ1v) is 8.57. The van der Waals surface area contributed by atoms with Gasteiger partial charge >= 0.3 is 12.0 Å². The van der Waals surface area contributed by atoms with Crippen LogP contribution in [0.1, 0.15) is 31.7 Å². The monoisotopic (exact) mass is 379 g/mol. The molecule has 9 heteroatoms. The number of carbonyl (C=O) groups excluding carboxylic acids is 4. The number of amides is 4. The zero-order chi connectivity index (χ0) is 20.0. The normalized spacial score (nSPS) is 19.0. The summed E-state index contributed by atoms with van der Waals surface area (Å²) in [6.07, 6.45) is 0.789. The summed E-state index contributed by atoms with van der Waals surface area (Å²) in [6, 6.07) is 4.61. The molecule has 1 atom stereocenters. The predicted octanol–water partition coefficient (Wildman–Crippen LogP) is 1.05. The highest BCUT2D eigenvalue weighted by Gasteiger charge is 2.51. The molecular weight excluding hydrogens is 357 g/mol. The van der Waals surface area contributed by atoms with Gasteiger partial charge in [-0.15, -0.1) is 0 Å². The lowest BCUT2D eigenvalue weighted by molar-refractivity contribution is -0.140. The van der Waals surface area contributed by atoms with Crippen LogP contribution in [0.15, 0.2) is 24.3 Å². The molecule has 0 unspecified atom stereocenters. The number of nitrogens with one attached hydrogen (secondary N) is 2. The number of esters is 1. The molecule has 0 radical (unpaired) electrons. The molecule has 0 spiro atoms. The Bertz CT molecular complexity index is 737. The van der Waals surface area contributed by atoms with E-state index < -0.39 is 35.7 Å². The Morgan fingerprint density at radius 2 is 1.93 bits per heavy atom. The van der Waals surface area contributed by atoms with Gasteiger partial charge in [0.25, 0.3) is 5.91 Å². The van der Waals surface area contributed by atoms with Crippen LogP contribution in [0.2, 0.25) is 0 Å². The minimum Gasteiger partial charge on any atom is -0.469 e. The molecule has 2 N–H and O–H groups in total. The van der Waals surface area contributed by atoms with Crippen molar-refractivity contribution in [2.24, 2.45) is 0 Å². The third-order valence-electron chi connectivity index (χ3n) is 4.45. The molecule has 8 nitrogen and oxygen atoms in total. The van der Waals surface area contributed by atoms with Crippen molar-refractivity contribution in [1.29, 1.82) is 0 Å². The second-order valence-corrected chi connectivity index (χ2v) is 6.12. The Balaban J connectivity index is 2.01. The molecule has 1 aliphatic heterocycles. The Morgan fingerprint density at radius 1 is 1.26 bits per heavy atom. The second kappa shape index (κ2) is 8.61. The Labute approximate surface area is 156 Å². The third-order valence-corrected chi connectivity index (χ3v) is 4.45. The van der Waals surface area contributed by atoms with Crippen molar-refractivity contribution >= 4 is 23.8 Å². The zero-order valence-electron chi connectivity index (χ0n) is 15.2. The number of hydrogen-bond acceptors (Lipinski definition) is 5. The average Bonchev–Trinajstić information content (AvgIpc) is 2.90. The van der Waals surface area contributed by atoms with Crippen molar-refractivity contribution in [2.45, 2.75) is 31.7 Å². The topological polar surface area (TPSA) is 105 Å². The number of imide groups is 1. The molecule has 2 rings (SSSR count). The zero-order valence-corrected chi connectivity index (χ0v) is 15.2. The maximum absolute atomic E-state index is 13.2. The fourth-order valence-electron chi connectivity index (χ4n) is 2.91. The number of hydrogen-bond donors (Lipinski definition) is 2. The largest absolute Gasteiger partial charge is 0.469 e. The molecule has 0 aliphatic carbocycles. The van der Waals surface area contributed by atoms with Crippen LogP contribution in [0.5, 0.6) is 0 Å². The quantitative estimate of drug-likeness (QED) is 0.399. The molecule has 0 bridgehead atoms. The van der Waals surface area contributed by atoms with Gasteiger partial charge in [0, 0.05) is 13.0 Å². The lowest BCUT2D eigenvalue weighted by Gasteiger charge is -2.25. The minimum atomic E-state index is -1.32. The molecule has 4 amide bonds. The summed E-state index contributed by atoms with van der Waals surface area (Å²) in [5, 5.41) is 5.17. The maximum atomic E-state index is 13.2. The number of halogens is 1. The SMILES string of the molecule is CC[C@@]1(c2ccc(F)cc2)NC(=O)N(CC(=O)NCCCC(=O)OC)C1=O. The molecule has 1 saturated heterocycles. The van der Waals surface area contributed by atoms with Gasteiger partial charge in [-0.2, -0.15) is 0 Å². The highest BCUT2D eigenvalue weighted by Crippen LogP contribution is 2.32. The first-order chi connectivity index (χ1) is 12.8. The summed E-state index contributed by atoms with van der Waals surface area (Å²) in [4.78, 5) is 49.0. The Hall–Kier alpha value is -2.97. The fraction of sp³-hybridized carbons (Fsp3) is 0.444. The van der Waals surface area contributed by atoms with Crippen molar-refractivity contribution in [3.63, 3.8) is 0 Å². The maximum Gasteiger partial charge on any atom is 0.325 e. The first-order valence-electron chi connectivity index (χ1n) is 8.57. The van der Waals surface area contributed by atoms with Crippen LogP contribution < -0.4 is 10.6 Å². The van der Waals surface area contributed by atoms with E-state index in [-0.39, 0.29) is 25.4 Å². The molecule has 1 aromatic carbocycles. The van der Waals surface area contributed by atoms with Crippen molar-refractivity contribution in [3.8, 4) is 0 Å². The van der Waals surface area contributed by atoms with E-state index in [1.165, 1.54) is 31.4 Å². The van der Waals surface area contributed by atoms with Gasteiger partial charge in [-0.05, 0) is 30.5 Å². The van der Waals surface area contributed by atoms with Gasteiger partial charge in [0.2, 0.25) is 5.91 Å². The summed E-state index contributed by atoms with van der Waals surface area (Å²) in [6.45, 7) is 1.50. The van der Waals surface area contributed by atoms with E-state index in [1.54, 1.807) is 6.92 Å². The van der Waals surface area contributed by atoms with Gasteiger partial charge in [0.05, 0.1) is 7.11 Å². The standard InChI is InChI=1S/C18H22FN3O5/c1-3-18(12-6-8-13(19)9-7-12)16(25)22(17(26)21-18)11-14(23)20-10-4-5-15(24)27-2/h6-9H,3-5,10-11H2,1-2H3,(H,20,23)(H,21,26)/t18-/m0/s1. The number of benzene rings is 1. The lowest BCUT2D eigenvalue weighted by atomic mass is 9.87. The predicted molar refractivity (Wildman–Crippen MR) is 92.9 cm³/mol. The van der Waals surface area contributed by atoms with Gasteiger partial charge < -0.3 is 15.4 Å². The van der Waals surface area contributed by atoms with Crippen LogP contribution in [-0.4, -0.2) is 48.9 Å². The number of ether oxygens (including phenoxy) is 1. The van der Waals surface area contributed by atoms with Crippen molar-refractivity contribution in [3.05, 3.63) is 35.6 Å². The van der Waals surface area contributed by atoms with E-state index in [4.69, 9.17) is 0 Å². The smallest absolute Gasteiger partial charge is 0.325 e. The lowest BCUT2D eigenvalue weighted by Crippen LogP contribution is -2.45. The van der Waals surface area contributed by atoms with E-state index >= 15 is 0 Å². The van der Waals surface area contributed by atoms with Crippen LogP contribution in [0.25, 0.3) is 0 Å². The fourth-order valence-corrected chi connectivity index (χ4v) is 2.91. The molecule has 0 aromatic heterocycles. The van der Waals surface area contributed by atoms with Crippen molar-refractivity contribution in [2.75, 3.05) is 20.2 Å². The molecule has 146 valence electrons. The van der Waals surface area contributed by atoms with Crippen LogP contribution in [0.3, 0.4) is 0 Å². The summed E-state index contributed by atoms with van der Waals surface area (Å²) < 4.78 is 17.7. The number of nitrogens with zero attached hydrogens (tertiary/aromatic N) is 1. The van der Waals surface area contributed by atoms with Crippen LogP contribution in [-0.2, 0) is 24.7 Å². The van der Waals surface area contributed by atoms with Crippen LogP contribution >= 0.6 is 0 Å². The number of carbonyl (C=O) groups is 4. The van der Waals surface area contributed by atoms with Gasteiger partial charge in [-0.1, -0.05) is 19.1 Å². The van der Waals surface area contributed by atoms with Crippen molar-refractivity contribution < 1.29 is 28.3 Å². The third kappa shape index (κ3) is 4.42. The molecule has 0 saturated carbocycles. The minimum absolute atomic E-state index is 0.156. The first kappa shape index (κ1) is 20.3. The molecule has 1 fully saturated rings. The molecule has 27 heavy (non-hydrogen) atoms. The number of rotatable bonds is 8. The molecule has 1 heterocycles.